The van der Waals surface area contributed by atoms with Gasteiger partial charge >= 0.3 is 5.97 Å². The zero-order valence-electron chi connectivity index (χ0n) is 8.64. The van der Waals surface area contributed by atoms with Crippen molar-refractivity contribution in [3.63, 3.8) is 0 Å². The van der Waals surface area contributed by atoms with Crippen molar-refractivity contribution in [3.8, 4) is 0 Å². The number of hydrogen-bond donors (Lipinski definition) is 2. The third kappa shape index (κ3) is 3.59. The van der Waals surface area contributed by atoms with Crippen molar-refractivity contribution in [1.82, 2.24) is 0 Å². The van der Waals surface area contributed by atoms with Gasteiger partial charge in [0.2, 0.25) is 0 Å². The van der Waals surface area contributed by atoms with Gasteiger partial charge in [-0.2, -0.15) is 0 Å². The molecule has 0 aromatic heterocycles. The summed E-state index contributed by atoms with van der Waals surface area (Å²) in [5.74, 6) is -0.936. The smallest absolute Gasteiger partial charge is 0.333 e. The number of carboxylic acids is 1. The van der Waals surface area contributed by atoms with Crippen LogP contribution in [0.1, 0.15) is 12.5 Å². The van der Waals surface area contributed by atoms with Gasteiger partial charge < -0.3 is 15.6 Å². The fraction of sp³-hybridized carbons (Fsp3) is 0.364. The van der Waals surface area contributed by atoms with Crippen LogP contribution in [0, 0.1) is 0 Å². The molecule has 0 spiro atoms. The van der Waals surface area contributed by atoms with Gasteiger partial charge in [-0.15, -0.1) is 0 Å². The lowest BCUT2D eigenvalue weighted by Gasteiger charge is -2.12. The normalized spacial score (nSPS) is 12.3. The summed E-state index contributed by atoms with van der Waals surface area (Å²) in [7, 11) is 0. The zero-order valence-corrected chi connectivity index (χ0v) is 8.64. The molecule has 0 aliphatic rings. The van der Waals surface area contributed by atoms with E-state index in [1.165, 1.54) is 0 Å². The van der Waals surface area contributed by atoms with Gasteiger partial charge in [0.15, 0.2) is 6.10 Å². The Balaban J connectivity index is 2.65. The summed E-state index contributed by atoms with van der Waals surface area (Å²) in [6, 6.07) is 7.12. The molecule has 0 bridgehead atoms. The molecule has 0 heterocycles. The molecule has 1 atom stereocenters. The van der Waals surface area contributed by atoms with Crippen LogP contribution in [0.15, 0.2) is 24.3 Å². The highest BCUT2D eigenvalue weighted by Crippen LogP contribution is 2.09. The molecule has 4 nitrogen and oxygen atoms in total. The van der Waals surface area contributed by atoms with E-state index >= 15 is 0 Å². The molecular weight excluding hydrogens is 194 g/mol. The Morgan fingerprint density at radius 3 is 2.53 bits per heavy atom. The van der Waals surface area contributed by atoms with E-state index in [1.807, 2.05) is 12.1 Å². The number of carboxylic acid groups (broad SMARTS) is 1. The summed E-state index contributed by atoms with van der Waals surface area (Å²) >= 11 is 0. The van der Waals surface area contributed by atoms with Gasteiger partial charge in [-0.3, -0.25) is 0 Å². The van der Waals surface area contributed by atoms with E-state index in [1.54, 1.807) is 19.1 Å². The van der Waals surface area contributed by atoms with E-state index < -0.39 is 12.1 Å². The van der Waals surface area contributed by atoms with E-state index in [2.05, 4.69) is 0 Å². The molecule has 0 amide bonds. The predicted molar refractivity (Wildman–Crippen MR) is 57.6 cm³/mol. The van der Waals surface area contributed by atoms with Crippen LogP contribution in [-0.2, 0) is 16.0 Å². The predicted octanol–water partition coefficient (Wildman–Crippen LogP) is 1.30. The molecule has 0 saturated carbocycles. The Morgan fingerprint density at radius 1 is 1.47 bits per heavy atom. The second kappa shape index (κ2) is 5.36. The van der Waals surface area contributed by atoms with E-state index in [0.29, 0.717) is 18.7 Å². The highest BCUT2D eigenvalue weighted by molar-refractivity contribution is 5.72. The van der Waals surface area contributed by atoms with Gasteiger partial charge in [0.1, 0.15) is 0 Å². The van der Waals surface area contributed by atoms with E-state index in [-0.39, 0.29) is 0 Å². The summed E-state index contributed by atoms with van der Waals surface area (Å²) in [6.07, 6.45) is -0.415. The van der Waals surface area contributed by atoms with Crippen molar-refractivity contribution in [3.05, 3.63) is 29.8 Å². The molecule has 4 heteroatoms. The number of benzene rings is 1. The highest BCUT2D eigenvalue weighted by atomic mass is 16.5. The van der Waals surface area contributed by atoms with Crippen LogP contribution in [0.5, 0.6) is 0 Å². The third-order valence-corrected chi connectivity index (χ3v) is 2.04. The summed E-state index contributed by atoms with van der Waals surface area (Å²) < 4.78 is 5.11. The van der Waals surface area contributed by atoms with Gasteiger partial charge in [-0.25, -0.2) is 4.79 Å². The summed E-state index contributed by atoms with van der Waals surface area (Å²) in [6.45, 7) is 2.17. The summed E-state index contributed by atoms with van der Waals surface area (Å²) in [4.78, 5) is 10.8. The van der Waals surface area contributed by atoms with Crippen LogP contribution in [0.2, 0.25) is 0 Å². The minimum Gasteiger partial charge on any atom is -0.479 e. The van der Waals surface area contributed by atoms with Crippen molar-refractivity contribution in [1.29, 1.82) is 0 Å². The number of ether oxygens (including phenoxy) is 1. The lowest BCUT2D eigenvalue weighted by molar-refractivity contribution is -0.149. The fourth-order valence-corrected chi connectivity index (χ4v) is 1.29. The van der Waals surface area contributed by atoms with Gasteiger partial charge in [-0.05, 0) is 24.6 Å². The van der Waals surface area contributed by atoms with Crippen LogP contribution in [0.3, 0.4) is 0 Å². The second-order valence-electron chi connectivity index (χ2n) is 3.23. The van der Waals surface area contributed by atoms with Crippen molar-refractivity contribution in [2.45, 2.75) is 19.4 Å². The SMILES string of the molecule is CCO[C@@H](Cc1ccc(N)cc1)C(=O)O. The van der Waals surface area contributed by atoms with Gasteiger partial charge in [0.05, 0.1) is 0 Å². The lowest BCUT2D eigenvalue weighted by atomic mass is 10.1. The van der Waals surface area contributed by atoms with E-state index in [9.17, 15) is 4.79 Å². The number of nitrogen functional groups attached to an aromatic ring is 1. The Hall–Kier alpha value is -1.55. The first-order valence-electron chi connectivity index (χ1n) is 4.82. The van der Waals surface area contributed by atoms with Crippen LogP contribution < -0.4 is 5.73 Å². The van der Waals surface area contributed by atoms with Gasteiger partial charge in [-0.1, -0.05) is 12.1 Å². The molecule has 15 heavy (non-hydrogen) atoms. The van der Waals surface area contributed by atoms with Crippen LogP contribution in [-0.4, -0.2) is 23.8 Å². The van der Waals surface area contributed by atoms with Crippen molar-refractivity contribution in [2.24, 2.45) is 0 Å². The molecule has 0 aliphatic heterocycles. The molecule has 0 radical (unpaired) electrons. The molecule has 82 valence electrons. The number of aliphatic carboxylic acids is 1. The number of carbonyl (C=O) groups is 1. The molecule has 1 rings (SSSR count). The van der Waals surface area contributed by atoms with Crippen molar-refractivity contribution in [2.75, 3.05) is 12.3 Å². The monoisotopic (exact) mass is 209 g/mol. The largest absolute Gasteiger partial charge is 0.479 e. The fourth-order valence-electron chi connectivity index (χ4n) is 1.29. The first-order chi connectivity index (χ1) is 7.13. The van der Waals surface area contributed by atoms with E-state index in [0.717, 1.165) is 5.56 Å². The van der Waals surface area contributed by atoms with E-state index in [4.69, 9.17) is 15.6 Å². The number of nitrogens with two attached hydrogens (primary N) is 1. The maximum absolute atomic E-state index is 10.8. The van der Waals surface area contributed by atoms with Crippen LogP contribution >= 0.6 is 0 Å². The summed E-state index contributed by atoms with van der Waals surface area (Å²) in [5, 5.41) is 8.87. The molecule has 0 saturated heterocycles. The van der Waals surface area contributed by atoms with Crippen LogP contribution in [0.4, 0.5) is 5.69 Å². The van der Waals surface area contributed by atoms with Crippen molar-refractivity contribution >= 4 is 11.7 Å². The zero-order chi connectivity index (χ0) is 11.3. The second-order valence-corrected chi connectivity index (χ2v) is 3.23. The maximum atomic E-state index is 10.8. The molecule has 0 aliphatic carbocycles. The Kier molecular flexibility index (Phi) is 4.12. The third-order valence-electron chi connectivity index (χ3n) is 2.04. The average Bonchev–Trinajstić information content (AvgIpc) is 2.20. The van der Waals surface area contributed by atoms with Gasteiger partial charge in [0, 0.05) is 18.7 Å². The van der Waals surface area contributed by atoms with Crippen LogP contribution in [0.25, 0.3) is 0 Å². The minimum atomic E-state index is -0.936. The number of hydrogen-bond acceptors (Lipinski definition) is 3. The molecular formula is C11H15NO3. The maximum Gasteiger partial charge on any atom is 0.333 e. The summed E-state index contributed by atoms with van der Waals surface area (Å²) in [5.41, 5.74) is 7.10. The molecule has 0 unspecified atom stereocenters. The minimum absolute atomic E-state index is 0.365. The Labute approximate surface area is 88.7 Å². The quantitative estimate of drug-likeness (QED) is 0.717. The lowest BCUT2D eigenvalue weighted by Crippen LogP contribution is -2.26. The molecule has 3 N–H and O–H groups in total. The Bertz CT molecular complexity index is 321. The average molecular weight is 209 g/mol. The molecule has 0 fully saturated rings. The standard InChI is InChI=1S/C11H15NO3/c1-2-15-10(11(13)14)7-8-3-5-9(12)6-4-8/h3-6,10H,2,7,12H2,1H3,(H,13,14)/t10-/m0/s1. The molecule has 1 aromatic carbocycles. The topological polar surface area (TPSA) is 72.5 Å². The molecule has 1 aromatic rings. The first kappa shape index (κ1) is 11.5. The van der Waals surface area contributed by atoms with Crippen molar-refractivity contribution < 1.29 is 14.6 Å². The number of anilines is 1. The first-order valence-corrected chi connectivity index (χ1v) is 4.82. The van der Waals surface area contributed by atoms with Gasteiger partial charge in [0.25, 0.3) is 0 Å². The number of rotatable bonds is 5. The highest BCUT2D eigenvalue weighted by Gasteiger charge is 2.17. The Morgan fingerprint density at radius 2 is 2.07 bits per heavy atom.